The molecule has 0 spiro atoms. The maximum atomic E-state index is 13.4. The minimum Gasteiger partial charge on any atom is -0.469 e. The summed E-state index contributed by atoms with van der Waals surface area (Å²) in [6.45, 7) is 9.04. The van der Waals surface area contributed by atoms with E-state index < -0.39 is 29.9 Å². The number of thiazole rings is 1. The first-order valence-electron chi connectivity index (χ1n) is 14.9. The predicted molar refractivity (Wildman–Crippen MR) is 162 cm³/mol. The zero-order chi connectivity index (χ0) is 31.7. The number of nitrogens with zero attached hydrogens (tertiary/aromatic N) is 4. The lowest BCUT2D eigenvalue weighted by molar-refractivity contribution is -0.148. The first-order valence-corrected chi connectivity index (χ1v) is 15.8. The number of hydrogen-bond donors (Lipinski definition) is 1. The molecular formula is C31H45N5O6S. The first-order chi connectivity index (χ1) is 20.4. The van der Waals surface area contributed by atoms with Crippen molar-refractivity contribution in [2.75, 3.05) is 14.2 Å². The molecule has 2 aromatic rings. The van der Waals surface area contributed by atoms with E-state index in [1.54, 1.807) is 29.6 Å². The molecule has 1 fully saturated rings. The summed E-state index contributed by atoms with van der Waals surface area (Å²) in [5, 5.41) is 5.08. The standard InChI is InChI=1S/C31H45N5O6S/c1-18(2)25(36(6)28(38)12-22-9-8-10-22)14-26(42-21(5)37)30-35-24(17-43-30)29(39)34-23(11-20(4)31(40)41-7)13-27-32-15-19(3)16-33-27/h15-18,20,22-23,25-26H,8-14H2,1-7H3,(H,34,39). The van der Waals surface area contributed by atoms with E-state index in [1.165, 1.54) is 31.8 Å². The van der Waals surface area contributed by atoms with E-state index in [0.29, 0.717) is 42.4 Å². The van der Waals surface area contributed by atoms with Crippen LogP contribution in [0.5, 0.6) is 0 Å². The number of aryl methyl sites for hydroxylation is 1. The van der Waals surface area contributed by atoms with Gasteiger partial charge in [-0.05, 0) is 43.6 Å². The van der Waals surface area contributed by atoms with Gasteiger partial charge in [-0.15, -0.1) is 11.3 Å². The average Bonchev–Trinajstić information content (AvgIpc) is 3.43. The van der Waals surface area contributed by atoms with E-state index in [-0.39, 0.29) is 29.5 Å². The Balaban J connectivity index is 1.76. The molecule has 12 heteroatoms. The minimum absolute atomic E-state index is 0.0916. The van der Waals surface area contributed by atoms with Gasteiger partial charge in [0.1, 0.15) is 16.5 Å². The lowest BCUT2D eigenvalue weighted by atomic mass is 9.82. The smallest absolute Gasteiger partial charge is 0.308 e. The monoisotopic (exact) mass is 615 g/mol. The minimum atomic E-state index is -0.716. The van der Waals surface area contributed by atoms with Gasteiger partial charge in [0.25, 0.3) is 5.91 Å². The maximum absolute atomic E-state index is 13.4. The Hall–Kier alpha value is -3.41. The van der Waals surface area contributed by atoms with E-state index in [4.69, 9.17) is 9.47 Å². The van der Waals surface area contributed by atoms with Crippen molar-refractivity contribution >= 4 is 35.1 Å². The molecule has 0 aliphatic heterocycles. The largest absolute Gasteiger partial charge is 0.469 e. The van der Waals surface area contributed by atoms with Gasteiger partial charge in [0, 0.05) is 63.1 Å². The highest BCUT2D eigenvalue weighted by Gasteiger charge is 2.32. The number of ether oxygens (including phenoxy) is 2. The van der Waals surface area contributed by atoms with E-state index in [0.717, 1.165) is 18.4 Å². The third kappa shape index (κ3) is 10.1. The van der Waals surface area contributed by atoms with E-state index in [9.17, 15) is 19.2 Å². The molecule has 1 aliphatic rings. The van der Waals surface area contributed by atoms with Crippen LogP contribution in [0.4, 0.5) is 0 Å². The highest BCUT2D eigenvalue weighted by molar-refractivity contribution is 7.09. The summed E-state index contributed by atoms with van der Waals surface area (Å²) in [5.41, 5.74) is 1.09. The molecule has 4 unspecified atom stereocenters. The fourth-order valence-corrected chi connectivity index (χ4v) is 6.07. The third-order valence-electron chi connectivity index (χ3n) is 7.98. The van der Waals surface area contributed by atoms with Gasteiger partial charge in [-0.25, -0.2) is 15.0 Å². The van der Waals surface area contributed by atoms with Crippen molar-refractivity contribution in [2.24, 2.45) is 17.8 Å². The first kappa shape index (κ1) is 34.1. The SMILES string of the molecule is COC(=O)C(C)CC(Cc1ncc(C)cn1)NC(=O)c1csc(C(CC(C(C)C)N(C)C(=O)CC2CCC2)OC(C)=O)n1. The van der Waals surface area contributed by atoms with Gasteiger partial charge < -0.3 is 19.7 Å². The van der Waals surface area contributed by atoms with Gasteiger partial charge in [-0.2, -0.15) is 0 Å². The topological polar surface area (TPSA) is 141 Å². The van der Waals surface area contributed by atoms with Crippen molar-refractivity contribution in [3.63, 3.8) is 0 Å². The maximum Gasteiger partial charge on any atom is 0.308 e. The summed E-state index contributed by atoms with van der Waals surface area (Å²) in [7, 11) is 3.14. The van der Waals surface area contributed by atoms with Crippen molar-refractivity contribution in [1.82, 2.24) is 25.2 Å². The number of methoxy groups -OCH3 is 1. The average molecular weight is 616 g/mol. The molecule has 1 N–H and O–H groups in total. The van der Waals surface area contributed by atoms with Crippen LogP contribution in [0.25, 0.3) is 0 Å². The summed E-state index contributed by atoms with van der Waals surface area (Å²) < 4.78 is 10.6. The van der Waals surface area contributed by atoms with Crippen molar-refractivity contribution in [1.29, 1.82) is 0 Å². The van der Waals surface area contributed by atoms with Crippen LogP contribution in [-0.2, 0) is 30.3 Å². The Morgan fingerprint density at radius 2 is 1.79 bits per heavy atom. The summed E-state index contributed by atoms with van der Waals surface area (Å²) in [6.07, 6.45) is 7.58. The Labute approximate surface area is 258 Å². The van der Waals surface area contributed by atoms with Gasteiger partial charge >= 0.3 is 11.9 Å². The molecule has 11 nitrogen and oxygen atoms in total. The molecule has 0 saturated heterocycles. The zero-order valence-corrected chi connectivity index (χ0v) is 27.1. The van der Waals surface area contributed by atoms with Gasteiger partial charge in [-0.3, -0.25) is 19.2 Å². The molecule has 236 valence electrons. The predicted octanol–water partition coefficient (Wildman–Crippen LogP) is 4.45. The zero-order valence-electron chi connectivity index (χ0n) is 26.3. The van der Waals surface area contributed by atoms with Crippen LogP contribution in [-0.4, -0.2) is 69.8 Å². The summed E-state index contributed by atoms with van der Waals surface area (Å²) in [4.78, 5) is 65.6. The molecule has 43 heavy (non-hydrogen) atoms. The molecule has 2 amide bonds. The van der Waals surface area contributed by atoms with Crippen LogP contribution in [0, 0.1) is 24.7 Å². The second kappa shape index (κ2) is 15.9. The highest BCUT2D eigenvalue weighted by atomic mass is 32.1. The summed E-state index contributed by atoms with van der Waals surface area (Å²) in [6, 6.07) is -0.642. The normalized spacial score (nSPS) is 16.0. The fourth-order valence-electron chi connectivity index (χ4n) is 5.23. The Bertz CT molecular complexity index is 1250. The number of esters is 2. The molecule has 2 heterocycles. The quantitative estimate of drug-likeness (QED) is 0.288. The molecule has 0 bridgehead atoms. The van der Waals surface area contributed by atoms with Crippen LogP contribution < -0.4 is 5.32 Å². The second-order valence-electron chi connectivity index (χ2n) is 11.9. The van der Waals surface area contributed by atoms with Crippen LogP contribution in [0.1, 0.15) is 99.2 Å². The van der Waals surface area contributed by atoms with E-state index >= 15 is 0 Å². The number of carbonyl (C=O) groups excluding carboxylic acids is 4. The van der Waals surface area contributed by atoms with Gasteiger partial charge in [0.15, 0.2) is 6.10 Å². The molecule has 2 aromatic heterocycles. The van der Waals surface area contributed by atoms with Gasteiger partial charge in [0.05, 0.1) is 13.0 Å². The third-order valence-corrected chi connectivity index (χ3v) is 8.92. The number of nitrogens with one attached hydrogen (secondary N) is 1. The van der Waals surface area contributed by atoms with Gasteiger partial charge in [-0.1, -0.05) is 27.2 Å². The van der Waals surface area contributed by atoms with E-state index in [1.807, 2.05) is 27.8 Å². The van der Waals surface area contributed by atoms with Crippen molar-refractivity contribution in [3.05, 3.63) is 39.9 Å². The molecule has 1 saturated carbocycles. The Kier molecular flexibility index (Phi) is 12.6. The molecule has 3 rings (SSSR count). The van der Waals surface area contributed by atoms with Crippen molar-refractivity contribution < 1.29 is 28.7 Å². The number of rotatable bonds is 15. The van der Waals surface area contributed by atoms with Gasteiger partial charge in [0.2, 0.25) is 5.91 Å². The van der Waals surface area contributed by atoms with Crippen LogP contribution in [0.2, 0.25) is 0 Å². The molecule has 1 aliphatic carbocycles. The fraction of sp³-hybridized carbons (Fsp3) is 0.645. The number of carbonyl (C=O) groups is 4. The van der Waals surface area contributed by atoms with Crippen LogP contribution in [0.3, 0.4) is 0 Å². The molecular weight excluding hydrogens is 570 g/mol. The Morgan fingerprint density at radius 1 is 1.12 bits per heavy atom. The molecule has 0 radical (unpaired) electrons. The molecule has 0 aromatic carbocycles. The number of hydrogen-bond acceptors (Lipinski definition) is 10. The lowest BCUT2D eigenvalue weighted by Gasteiger charge is -2.35. The van der Waals surface area contributed by atoms with Crippen LogP contribution >= 0.6 is 11.3 Å². The second-order valence-corrected chi connectivity index (χ2v) is 12.8. The number of amides is 2. The van der Waals surface area contributed by atoms with Crippen molar-refractivity contribution in [3.8, 4) is 0 Å². The summed E-state index contributed by atoms with van der Waals surface area (Å²) >= 11 is 1.23. The summed E-state index contributed by atoms with van der Waals surface area (Å²) in [5.74, 6) is -0.538. The Morgan fingerprint density at radius 3 is 2.35 bits per heavy atom. The van der Waals surface area contributed by atoms with Crippen LogP contribution in [0.15, 0.2) is 17.8 Å². The van der Waals surface area contributed by atoms with E-state index in [2.05, 4.69) is 20.3 Å². The molecule has 4 atom stereocenters. The highest BCUT2D eigenvalue weighted by Crippen LogP contribution is 2.33. The number of aromatic nitrogens is 3. The lowest BCUT2D eigenvalue weighted by Crippen LogP contribution is -2.42. The van der Waals surface area contributed by atoms with Crippen molar-refractivity contribution in [2.45, 2.75) is 97.8 Å².